The van der Waals surface area contributed by atoms with Crippen molar-refractivity contribution in [2.75, 3.05) is 12.4 Å². The van der Waals surface area contributed by atoms with Gasteiger partial charge in [0.25, 0.3) is 0 Å². The Kier molecular flexibility index (Phi) is 7.71. The fourth-order valence-electron chi connectivity index (χ4n) is 2.90. The number of benzene rings is 3. The summed E-state index contributed by atoms with van der Waals surface area (Å²) in [5.41, 5.74) is 4.22. The number of methoxy groups -OCH3 is 1. The lowest BCUT2D eigenvalue weighted by molar-refractivity contribution is -0.136. The van der Waals surface area contributed by atoms with Gasteiger partial charge in [0.2, 0.25) is 0 Å². The molecule has 0 spiro atoms. The second kappa shape index (κ2) is 10.9. The maximum atomic E-state index is 13.6. The largest absolute Gasteiger partial charge is 0.493 e. The van der Waals surface area contributed by atoms with Crippen LogP contribution in [-0.4, -0.2) is 30.6 Å². The summed E-state index contributed by atoms with van der Waals surface area (Å²) in [5, 5.41) is 6.07. The number of amides is 2. The lowest BCUT2D eigenvalue weighted by Gasteiger charge is -2.11. The van der Waals surface area contributed by atoms with Crippen molar-refractivity contribution in [2.24, 2.45) is 5.10 Å². The van der Waals surface area contributed by atoms with Crippen molar-refractivity contribution in [3.63, 3.8) is 0 Å². The van der Waals surface area contributed by atoms with Gasteiger partial charge in [-0.2, -0.15) is 5.10 Å². The van der Waals surface area contributed by atoms with Gasteiger partial charge in [0.15, 0.2) is 11.5 Å². The summed E-state index contributed by atoms with van der Waals surface area (Å²) in [6, 6.07) is 17.2. The van der Waals surface area contributed by atoms with Crippen molar-refractivity contribution in [2.45, 2.75) is 13.8 Å². The van der Waals surface area contributed by atoms with Gasteiger partial charge in [-0.1, -0.05) is 29.8 Å². The molecule has 0 unspecified atom stereocenters. The molecule has 0 aliphatic heterocycles. The molecule has 0 aliphatic rings. The van der Waals surface area contributed by atoms with Gasteiger partial charge in [-0.05, 0) is 56.3 Å². The Morgan fingerprint density at radius 2 is 1.65 bits per heavy atom. The third kappa shape index (κ3) is 6.04. The quantitative estimate of drug-likeness (QED) is 0.190. The van der Waals surface area contributed by atoms with Gasteiger partial charge in [0.05, 0.1) is 24.1 Å². The first-order chi connectivity index (χ1) is 16.3. The van der Waals surface area contributed by atoms with E-state index < -0.39 is 23.6 Å². The molecule has 8 nitrogen and oxygen atoms in total. The summed E-state index contributed by atoms with van der Waals surface area (Å²) in [4.78, 5) is 36.4. The van der Waals surface area contributed by atoms with Crippen LogP contribution in [0.5, 0.6) is 11.5 Å². The van der Waals surface area contributed by atoms with E-state index in [4.69, 9.17) is 9.47 Å². The maximum absolute atomic E-state index is 13.6. The van der Waals surface area contributed by atoms with E-state index in [9.17, 15) is 18.8 Å². The molecule has 9 heteroatoms. The Morgan fingerprint density at radius 3 is 2.35 bits per heavy atom. The van der Waals surface area contributed by atoms with Gasteiger partial charge in [-0.3, -0.25) is 9.59 Å². The van der Waals surface area contributed by atoms with Gasteiger partial charge >= 0.3 is 17.8 Å². The number of hydrazone groups is 1. The number of rotatable bonds is 6. The molecule has 3 aromatic carbocycles. The number of halogens is 1. The molecule has 0 aromatic heterocycles. The first-order valence-corrected chi connectivity index (χ1v) is 10.2. The Balaban J connectivity index is 1.68. The molecule has 0 atom stereocenters. The first kappa shape index (κ1) is 24.1. The number of anilines is 1. The van der Waals surface area contributed by atoms with Crippen molar-refractivity contribution in [3.8, 4) is 11.5 Å². The first-order valence-electron chi connectivity index (χ1n) is 10.2. The van der Waals surface area contributed by atoms with Gasteiger partial charge < -0.3 is 14.8 Å². The fraction of sp³-hybridized carbons (Fsp3) is 0.120. The molecule has 0 saturated heterocycles. The average molecular weight is 463 g/mol. The minimum Gasteiger partial charge on any atom is -0.493 e. The van der Waals surface area contributed by atoms with Crippen LogP contribution in [-0.2, 0) is 9.59 Å². The van der Waals surface area contributed by atoms with E-state index in [1.807, 2.05) is 13.0 Å². The summed E-state index contributed by atoms with van der Waals surface area (Å²) in [6.07, 6.45) is 0. The van der Waals surface area contributed by atoms with Gasteiger partial charge in [0.1, 0.15) is 5.82 Å². The van der Waals surface area contributed by atoms with E-state index in [0.29, 0.717) is 16.8 Å². The maximum Gasteiger partial charge on any atom is 0.343 e. The van der Waals surface area contributed by atoms with Crippen LogP contribution in [0.1, 0.15) is 28.4 Å². The van der Waals surface area contributed by atoms with E-state index in [1.165, 1.54) is 31.4 Å². The van der Waals surface area contributed by atoms with Gasteiger partial charge in [-0.15, -0.1) is 0 Å². The van der Waals surface area contributed by atoms with E-state index in [2.05, 4.69) is 15.8 Å². The van der Waals surface area contributed by atoms with Gasteiger partial charge in [0, 0.05) is 5.56 Å². The van der Waals surface area contributed by atoms with E-state index in [1.54, 1.807) is 37.3 Å². The molecule has 2 N–H and O–H groups in total. The predicted molar refractivity (Wildman–Crippen MR) is 125 cm³/mol. The number of aryl methyl sites for hydroxylation is 1. The van der Waals surface area contributed by atoms with Crippen LogP contribution >= 0.6 is 0 Å². The number of nitrogens with one attached hydrogen (secondary N) is 2. The fourth-order valence-corrected chi connectivity index (χ4v) is 2.90. The van der Waals surface area contributed by atoms with Crippen molar-refractivity contribution >= 4 is 29.2 Å². The molecule has 0 aliphatic carbocycles. The predicted octanol–water partition coefficient (Wildman–Crippen LogP) is 3.84. The Morgan fingerprint density at radius 1 is 0.882 bits per heavy atom. The molecule has 0 radical (unpaired) electrons. The molecule has 3 rings (SSSR count). The highest BCUT2D eigenvalue weighted by Gasteiger charge is 2.16. The van der Waals surface area contributed by atoms with Crippen LogP contribution < -0.4 is 20.2 Å². The molecular formula is C25H22FN3O5. The van der Waals surface area contributed by atoms with Crippen LogP contribution in [0.2, 0.25) is 0 Å². The van der Waals surface area contributed by atoms with E-state index in [0.717, 1.165) is 11.6 Å². The number of esters is 1. The normalized spacial score (nSPS) is 10.9. The van der Waals surface area contributed by atoms with Crippen molar-refractivity contribution < 1.29 is 28.2 Å². The SMILES string of the molecule is COc1cc(C(C)=NNC(=O)C(=O)Nc2ccccc2F)ccc1OC(=O)c1cccc(C)c1. The number of carbonyl (C=O) groups excluding carboxylic acids is 3. The highest BCUT2D eigenvalue weighted by molar-refractivity contribution is 6.39. The highest BCUT2D eigenvalue weighted by Crippen LogP contribution is 2.29. The molecule has 0 saturated carbocycles. The molecule has 0 heterocycles. The number of para-hydroxylation sites is 1. The zero-order valence-electron chi connectivity index (χ0n) is 18.7. The lowest BCUT2D eigenvalue weighted by atomic mass is 10.1. The van der Waals surface area contributed by atoms with E-state index in [-0.39, 0.29) is 17.2 Å². The summed E-state index contributed by atoms with van der Waals surface area (Å²) in [5.74, 6) is -2.86. The number of nitrogens with zero attached hydrogens (tertiary/aromatic N) is 1. The van der Waals surface area contributed by atoms with Gasteiger partial charge in [-0.25, -0.2) is 14.6 Å². The second-order valence-electron chi connectivity index (χ2n) is 7.20. The zero-order valence-corrected chi connectivity index (χ0v) is 18.7. The molecule has 0 bridgehead atoms. The van der Waals surface area contributed by atoms with Crippen LogP contribution in [0, 0.1) is 12.7 Å². The van der Waals surface area contributed by atoms with Crippen molar-refractivity contribution in [1.82, 2.24) is 5.43 Å². The van der Waals surface area contributed by atoms with E-state index >= 15 is 0 Å². The molecule has 174 valence electrons. The molecule has 2 amide bonds. The lowest BCUT2D eigenvalue weighted by Crippen LogP contribution is -2.33. The summed E-state index contributed by atoms with van der Waals surface area (Å²) in [7, 11) is 1.42. The average Bonchev–Trinajstić information content (AvgIpc) is 2.83. The van der Waals surface area contributed by atoms with Crippen LogP contribution in [0.3, 0.4) is 0 Å². The topological polar surface area (TPSA) is 106 Å². The van der Waals surface area contributed by atoms with Crippen molar-refractivity contribution in [3.05, 3.63) is 89.2 Å². The third-order valence-corrected chi connectivity index (χ3v) is 4.69. The van der Waals surface area contributed by atoms with Crippen LogP contribution in [0.25, 0.3) is 0 Å². The highest BCUT2D eigenvalue weighted by atomic mass is 19.1. The Bertz CT molecular complexity index is 1270. The van der Waals surface area contributed by atoms with Crippen LogP contribution in [0.15, 0.2) is 71.8 Å². The Labute approximate surface area is 195 Å². The van der Waals surface area contributed by atoms with Crippen molar-refractivity contribution in [1.29, 1.82) is 0 Å². The molecule has 3 aromatic rings. The molecular weight excluding hydrogens is 441 g/mol. The summed E-state index contributed by atoms with van der Waals surface area (Å²) < 4.78 is 24.4. The second-order valence-corrected chi connectivity index (χ2v) is 7.20. The Hall–Kier alpha value is -4.53. The summed E-state index contributed by atoms with van der Waals surface area (Å²) in [6.45, 7) is 3.47. The monoisotopic (exact) mass is 463 g/mol. The molecule has 34 heavy (non-hydrogen) atoms. The van der Waals surface area contributed by atoms with Crippen LogP contribution in [0.4, 0.5) is 10.1 Å². The number of hydrogen-bond donors (Lipinski definition) is 2. The number of hydrogen-bond acceptors (Lipinski definition) is 6. The number of carbonyl (C=O) groups is 3. The standard InChI is InChI=1S/C25H22FN3O5/c1-15-7-6-8-18(13-15)25(32)34-21-12-11-17(14-22(21)33-3)16(2)28-29-24(31)23(30)27-20-10-5-4-9-19(20)26/h4-14H,1-3H3,(H,27,30)(H,29,31). The minimum absolute atomic E-state index is 0.121. The minimum atomic E-state index is -1.07. The smallest absolute Gasteiger partial charge is 0.343 e. The third-order valence-electron chi connectivity index (χ3n) is 4.69. The molecule has 0 fully saturated rings. The number of ether oxygens (including phenoxy) is 2. The summed E-state index contributed by atoms with van der Waals surface area (Å²) >= 11 is 0. The zero-order chi connectivity index (χ0) is 24.7.